The van der Waals surface area contributed by atoms with E-state index in [-0.39, 0.29) is 0 Å². The number of alkyl halides is 1. The van der Waals surface area contributed by atoms with Crippen molar-refractivity contribution in [3.8, 4) is 0 Å². The van der Waals surface area contributed by atoms with Crippen LogP contribution >= 0.6 is 15.9 Å². The molecule has 0 amide bonds. The van der Waals surface area contributed by atoms with E-state index in [0.29, 0.717) is 11.8 Å². The first-order chi connectivity index (χ1) is 10.1. The van der Waals surface area contributed by atoms with Gasteiger partial charge in [0.05, 0.1) is 0 Å². The molecule has 0 N–H and O–H groups in total. The highest BCUT2D eigenvalue weighted by atomic mass is 79.9. The van der Waals surface area contributed by atoms with Crippen LogP contribution in [0.5, 0.6) is 0 Å². The van der Waals surface area contributed by atoms with Gasteiger partial charge < -0.3 is 0 Å². The van der Waals surface area contributed by atoms with Crippen molar-refractivity contribution >= 4 is 15.9 Å². The molecular weight excluding hydrogens is 320 g/mol. The number of hydrogen-bond acceptors (Lipinski definition) is 0. The first kappa shape index (κ1) is 16.3. The summed E-state index contributed by atoms with van der Waals surface area (Å²) in [6, 6.07) is 18.0. The van der Waals surface area contributed by atoms with Crippen LogP contribution in [0.15, 0.2) is 48.5 Å². The zero-order chi connectivity index (χ0) is 15.2. The van der Waals surface area contributed by atoms with Gasteiger partial charge in [0.15, 0.2) is 0 Å². The Balaban J connectivity index is 2.01. The predicted molar refractivity (Wildman–Crippen MR) is 96.4 cm³/mol. The second kappa shape index (κ2) is 7.79. The molecule has 2 rings (SSSR count). The van der Waals surface area contributed by atoms with Gasteiger partial charge >= 0.3 is 0 Å². The number of hydrogen-bond donors (Lipinski definition) is 0. The van der Waals surface area contributed by atoms with Crippen LogP contribution < -0.4 is 0 Å². The summed E-state index contributed by atoms with van der Waals surface area (Å²) in [5.41, 5.74) is 5.66. The molecule has 0 radical (unpaired) electrons. The normalized spacial score (nSPS) is 12.6. The van der Waals surface area contributed by atoms with Crippen molar-refractivity contribution in [1.82, 2.24) is 0 Å². The van der Waals surface area contributed by atoms with Gasteiger partial charge in [-0.15, -0.1) is 0 Å². The third-order valence-electron chi connectivity index (χ3n) is 4.00. The molecule has 0 fully saturated rings. The summed E-state index contributed by atoms with van der Waals surface area (Å²) in [6.07, 6.45) is 2.27. The van der Waals surface area contributed by atoms with Gasteiger partial charge in [0.25, 0.3) is 0 Å². The van der Waals surface area contributed by atoms with Gasteiger partial charge in [-0.25, -0.2) is 0 Å². The Labute approximate surface area is 137 Å². The summed E-state index contributed by atoms with van der Waals surface area (Å²) < 4.78 is 0. The number of rotatable bonds is 6. The first-order valence-corrected chi connectivity index (χ1v) is 8.91. The lowest BCUT2D eigenvalue weighted by atomic mass is 9.92. The molecule has 1 heteroatoms. The molecule has 0 aliphatic heterocycles. The van der Waals surface area contributed by atoms with Crippen molar-refractivity contribution in [3.05, 3.63) is 70.8 Å². The zero-order valence-corrected chi connectivity index (χ0v) is 14.9. The Bertz CT molecular complexity index is 554. The Morgan fingerprint density at radius 2 is 1.57 bits per heavy atom. The summed E-state index contributed by atoms with van der Waals surface area (Å²) in [5, 5.41) is 1.05. The highest BCUT2D eigenvalue weighted by Gasteiger charge is 2.10. The molecule has 0 bridgehead atoms. The van der Waals surface area contributed by atoms with Crippen molar-refractivity contribution in [2.24, 2.45) is 5.92 Å². The molecule has 1 unspecified atom stereocenters. The summed E-state index contributed by atoms with van der Waals surface area (Å²) in [7, 11) is 0. The Kier molecular flexibility index (Phi) is 6.05. The van der Waals surface area contributed by atoms with Crippen LogP contribution in [0.4, 0.5) is 0 Å². The van der Waals surface area contributed by atoms with E-state index in [1.807, 2.05) is 0 Å². The van der Waals surface area contributed by atoms with E-state index in [0.717, 1.165) is 18.2 Å². The average Bonchev–Trinajstić information content (AvgIpc) is 2.47. The molecule has 0 saturated carbocycles. The molecule has 1 atom stereocenters. The Morgan fingerprint density at radius 3 is 2.14 bits per heavy atom. The van der Waals surface area contributed by atoms with Gasteiger partial charge in [-0.05, 0) is 48.3 Å². The molecule has 0 heterocycles. The second-order valence-corrected chi connectivity index (χ2v) is 6.96. The molecule has 2 aromatic carbocycles. The van der Waals surface area contributed by atoms with E-state index < -0.39 is 0 Å². The summed E-state index contributed by atoms with van der Waals surface area (Å²) in [6.45, 7) is 6.65. The average molecular weight is 345 g/mol. The molecule has 0 spiro atoms. The monoisotopic (exact) mass is 344 g/mol. The topological polar surface area (TPSA) is 0 Å². The third-order valence-corrected chi connectivity index (χ3v) is 4.91. The second-order valence-electron chi connectivity index (χ2n) is 6.31. The number of benzene rings is 2. The van der Waals surface area contributed by atoms with Crippen LogP contribution in [0.3, 0.4) is 0 Å². The van der Waals surface area contributed by atoms with Crippen molar-refractivity contribution in [3.63, 3.8) is 0 Å². The largest absolute Gasteiger partial charge is 0.0925 e. The molecule has 112 valence electrons. The van der Waals surface area contributed by atoms with E-state index in [1.165, 1.54) is 22.3 Å². The molecule has 21 heavy (non-hydrogen) atoms. The molecule has 2 aromatic rings. The van der Waals surface area contributed by atoms with E-state index in [4.69, 9.17) is 0 Å². The van der Waals surface area contributed by atoms with E-state index in [1.54, 1.807) is 0 Å². The van der Waals surface area contributed by atoms with Gasteiger partial charge in [0, 0.05) is 5.33 Å². The van der Waals surface area contributed by atoms with Crippen molar-refractivity contribution in [2.75, 3.05) is 5.33 Å². The highest BCUT2D eigenvalue weighted by molar-refractivity contribution is 9.09. The zero-order valence-electron chi connectivity index (χ0n) is 13.3. The minimum absolute atomic E-state index is 0.610. The molecule has 0 nitrogen and oxygen atoms in total. The van der Waals surface area contributed by atoms with E-state index in [9.17, 15) is 0 Å². The number of halogens is 1. The standard InChI is InChI=1S/C20H25Br/c1-15(2)20-9-7-17(8-10-20)12-19(14-21)13-18-6-4-5-16(3)11-18/h4-11,15,19H,12-14H2,1-3H3. The van der Waals surface area contributed by atoms with Crippen molar-refractivity contribution < 1.29 is 0 Å². The summed E-state index contributed by atoms with van der Waals surface area (Å²) in [4.78, 5) is 0. The fourth-order valence-electron chi connectivity index (χ4n) is 2.73. The molecule has 0 aliphatic carbocycles. The van der Waals surface area contributed by atoms with Crippen LogP contribution in [0.25, 0.3) is 0 Å². The maximum absolute atomic E-state index is 3.69. The lowest BCUT2D eigenvalue weighted by molar-refractivity contribution is 0.591. The van der Waals surface area contributed by atoms with Crippen LogP contribution in [0.1, 0.15) is 42.0 Å². The maximum atomic E-state index is 3.69. The van der Waals surface area contributed by atoms with Crippen LogP contribution in [0.2, 0.25) is 0 Å². The van der Waals surface area contributed by atoms with Crippen molar-refractivity contribution in [2.45, 2.75) is 39.5 Å². The fourth-order valence-corrected chi connectivity index (χ4v) is 3.18. The summed E-state index contributed by atoms with van der Waals surface area (Å²) in [5.74, 6) is 1.26. The first-order valence-electron chi connectivity index (χ1n) is 7.79. The Morgan fingerprint density at radius 1 is 0.905 bits per heavy atom. The van der Waals surface area contributed by atoms with E-state index in [2.05, 4.69) is 85.2 Å². The quantitative estimate of drug-likeness (QED) is 0.571. The molecule has 0 aliphatic rings. The lowest BCUT2D eigenvalue weighted by Crippen LogP contribution is -2.10. The lowest BCUT2D eigenvalue weighted by Gasteiger charge is -2.15. The molecule has 0 saturated heterocycles. The number of aryl methyl sites for hydroxylation is 1. The van der Waals surface area contributed by atoms with Gasteiger partial charge in [0.2, 0.25) is 0 Å². The SMILES string of the molecule is Cc1cccc(CC(CBr)Cc2ccc(C(C)C)cc2)c1. The highest BCUT2D eigenvalue weighted by Crippen LogP contribution is 2.20. The fraction of sp³-hybridized carbons (Fsp3) is 0.400. The van der Waals surface area contributed by atoms with Gasteiger partial charge in [-0.3, -0.25) is 0 Å². The van der Waals surface area contributed by atoms with E-state index >= 15 is 0 Å². The third kappa shape index (κ3) is 5.00. The van der Waals surface area contributed by atoms with Crippen LogP contribution in [-0.2, 0) is 12.8 Å². The van der Waals surface area contributed by atoms with Gasteiger partial charge in [-0.2, -0.15) is 0 Å². The molecule has 0 aromatic heterocycles. The van der Waals surface area contributed by atoms with Crippen LogP contribution in [-0.4, -0.2) is 5.33 Å². The molecular formula is C20H25Br. The minimum atomic E-state index is 0.610. The van der Waals surface area contributed by atoms with Crippen molar-refractivity contribution in [1.29, 1.82) is 0 Å². The summed E-state index contributed by atoms with van der Waals surface area (Å²) >= 11 is 3.69. The predicted octanol–water partition coefficient (Wildman–Crippen LogP) is 5.91. The minimum Gasteiger partial charge on any atom is -0.0925 e. The van der Waals surface area contributed by atoms with Gasteiger partial charge in [0.1, 0.15) is 0 Å². The maximum Gasteiger partial charge on any atom is 0.00660 e. The van der Waals surface area contributed by atoms with Gasteiger partial charge in [-0.1, -0.05) is 83.9 Å². The van der Waals surface area contributed by atoms with Crippen LogP contribution in [0, 0.1) is 12.8 Å². The smallest absolute Gasteiger partial charge is 0.00660 e. The Hall–Kier alpha value is -1.08.